The van der Waals surface area contributed by atoms with Crippen LogP contribution in [0.25, 0.3) is 0 Å². The van der Waals surface area contributed by atoms with Crippen molar-refractivity contribution >= 4 is 17.7 Å². The van der Waals surface area contributed by atoms with Gasteiger partial charge in [-0.2, -0.15) is 0 Å². The summed E-state index contributed by atoms with van der Waals surface area (Å²) in [7, 11) is 3.11. The minimum Gasteiger partial charge on any atom is -0.497 e. The highest BCUT2D eigenvalue weighted by molar-refractivity contribution is 6.13. The Bertz CT molecular complexity index is 1230. The van der Waals surface area contributed by atoms with E-state index in [1.165, 1.54) is 0 Å². The predicted molar refractivity (Wildman–Crippen MR) is 136 cm³/mol. The Hall–Kier alpha value is -4.13. The molecule has 1 fully saturated rings. The number of imide groups is 1. The van der Waals surface area contributed by atoms with E-state index in [1.807, 2.05) is 12.1 Å². The highest BCUT2D eigenvalue weighted by atomic mass is 16.5. The molecule has 0 radical (unpaired) electrons. The number of nitrogens with zero attached hydrogens (tertiary/aromatic N) is 1. The Kier molecular flexibility index (Phi) is 6.59. The standard InChI is InChI=1S/C29H30N2O5/c1-28(2,3)20-8-6-19(7-9-20)25(32)18-31-26(33)29(30-27(31)34,21-10-14-23(35-4)15-11-21)22-12-16-24(36-5)17-13-22/h6-17H,18H2,1-5H3,(H,30,34). The molecule has 7 heteroatoms. The van der Waals surface area contributed by atoms with Gasteiger partial charge in [-0.15, -0.1) is 0 Å². The Balaban J connectivity index is 1.69. The molecule has 0 aliphatic carbocycles. The fraction of sp³-hybridized carbons (Fsp3) is 0.276. The number of Topliss-reactive ketones (excluding diaryl/α,β-unsaturated/α-hetero) is 1. The van der Waals surface area contributed by atoms with Crippen LogP contribution in [0.4, 0.5) is 4.79 Å². The molecule has 3 amide bonds. The average molecular weight is 487 g/mol. The maximum absolute atomic E-state index is 13.9. The second kappa shape index (κ2) is 9.49. The summed E-state index contributed by atoms with van der Waals surface area (Å²) in [6.07, 6.45) is 0. The van der Waals surface area contributed by atoms with Crippen molar-refractivity contribution in [2.45, 2.75) is 31.7 Å². The summed E-state index contributed by atoms with van der Waals surface area (Å²) in [6.45, 7) is 5.91. The van der Waals surface area contributed by atoms with Gasteiger partial charge < -0.3 is 14.8 Å². The molecule has 3 aromatic carbocycles. The van der Waals surface area contributed by atoms with E-state index in [9.17, 15) is 14.4 Å². The van der Waals surface area contributed by atoms with Crippen molar-refractivity contribution in [1.82, 2.24) is 10.2 Å². The predicted octanol–water partition coefficient (Wildman–Crippen LogP) is 4.68. The number of urea groups is 1. The maximum Gasteiger partial charge on any atom is 0.325 e. The molecule has 3 aromatic rings. The second-order valence-electron chi connectivity index (χ2n) is 9.78. The van der Waals surface area contributed by atoms with E-state index < -0.39 is 17.5 Å². The molecule has 0 bridgehead atoms. The zero-order valence-electron chi connectivity index (χ0n) is 21.1. The Morgan fingerprint density at radius 2 is 1.28 bits per heavy atom. The number of nitrogens with one attached hydrogen (secondary N) is 1. The van der Waals surface area contributed by atoms with Crippen LogP contribution < -0.4 is 14.8 Å². The van der Waals surface area contributed by atoms with Crippen molar-refractivity contribution in [2.75, 3.05) is 20.8 Å². The molecule has 4 rings (SSSR count). The number of hydrogen-bond donors (Lipinski definition) is 1. The van der Waals surface area contributed by atoms with Gasteiger partial charge in [0.25, 0.3) is 5.91 Å². The lowest BCUT2D eigenvalue weighted by molar-refractivity contribution is -0.129. The number of benzene rings is 3. The van der Waals surface area contributed by atoms with Crippen LogP contribution in [-0.2, 0) is 15.7 Å². The van der Waals surface area contributed by atoms with E-state index >= 15 is 0 Å². The monoisotopic (exact) mass is 486 g/mol. The van der Waals surface area contributed by atoms with E-state index in [0.29, 0.717) is 28.2 Å². The number of carbonyl (C=O) groups excluding carboxylic acids is 3. The first kappa shape index (κ1) is 25.0. The molecule has 1 saturated heterocycles. The molecule has 36 heavy (non-hydrogen) atoms. The quantitative estimate of drug-likeness (QED) is 0.387. The van der Waals surface area contributed by atoms with Crippen LogP contribution in [0.15, 0.2) is 72.8 Å². The van der Waals surface area contributed by atoms with Gasteiger partial charge in [0.2, 0.25) is 0 Å². The fourth-order valence-corrected chi connectivity index (χ4v) is 4.35. The fourth-order valence-electron chi connectivity index (χ4n) is 4.35. The number of methoxy groups -OCH3 is 2. The largest absolute Gasteiger partial charge is 0.497 e. The summed E-state index contributed by atoms with van der Waals surface area (Å²) in [6, 6.07) is 20.5. The molecule has 0 saturated carbocycles. The van der Waals surface area contributed by atoms with Gasteiger partial charge in [-0.05, 0) is 46.4 Å². The lowest BCUT2D eigenvalue weighted by Crippen LogP contribution is -2.45. The number of carbonyl (C=O) groups is 3. The van der Waals surface area contributed by atoms with Crippen LogP contribution in [0.3, 0.4) is 0 Å². The molecular weight excluding hydrogens is 456 g/mol. The van der Waals surface area contributed by atoms with Crippen LogP contribution in [0.2, 0.25) is 0 Å². The van der Waals surface area contributed by atoms with Crippen LogP contribution in [-0.4, -0.2) is 43.4 Å². The van der Waals surface area contributed by atoms with Crippen LogP contribution in [0.5, 0.6) is 11.5 Å². The number of amides is 3. The SMILES string of the molecule is COc1ccc(C2(c3ccc(OC)cc3)NC(=O)N(CC(=O)c3ccc(C(C)(C)C)cc3)C2=O)cc1. The van der Waals surface area contributed by atoms with Gasteiger partial charge in [-0.1, -0.05) is 69.3 Å². The Morgan fingerprint density at radius 1 is 0.806 bits per heavy atom. The summed E-state index contributed by atoms with van der Waals surface area (Å²) < 4.78 is 10.5. The van der Waals surface area contributed by atoms with Gasteiger partial charge in [0.15, 0.2) is 11.3 Å². The maximum atomic E-state index is 13.9. The summed E-state index contributed by atoms with van der Waals surface area (Å²) in [5.41, 5.74) is 1.09. The van der Waals surface area contributed by atoms with Crippen LogP contribution in [0.1, 0.15) is 47.8 Å². The number of ketones is 1. The summed E-state index contributed by atoms with van der Waals surface area (Å²) in [5.74, 6) is 0.388. The topological polar surface area (TPSA) is 84.9 Å². The van der Waals surface area contributed by atoms with Crippen molar-refractivity contribution in [2.24, 2.45) is 0 Å². The average Bonchev–Trinajstić information content (AvgIpc) is 3.14. The second-order valence-corrected chi connectivity index (χ2v) is 9.78. The van der Waals surface area contributed by atoms with E-state index in [1.54, 1.807) is 74.9 Å². The van der Waals surface area contributed by atoms with Crippen molar-refractivity contribution in [3.05, 3.63) is 95.1 Å². The van der Waals surface area contributed by atoms with Crippen molar-refractivity contribution in [3.63, 3.8) is 0 Å². The van der Waals surface area contributed by atoms with Crippen molar-refractivity contribution in [3.8, 4) is 11.5 Å². The number of hydrogen-bond acceptors (Lipinski definition) is 5. The third-order valence-corrected chi connectivity index (χ3v) is 6.53. The first-order chi connectivity index (χ1) is 17.1. The zero-order chi connectivity index (χ0) is 26.1. The minimum absolute atomic E-state index is 0.0529. The van der Waals surface area contributed by atoms with Gasteiger partial charge in [0, 0.05) is 5.56 Å². The van der Waals surface area contributed by atoms with Gasteiger partial charge in [-0.3, -0.25) is 14.5 Å². The van der Waals surface area contributed by atoms with Gasteiger partial charge in [-0.25, -0.2) is 4.79 Å². The van der Waals surface area contributed by atoms with Crippen molar-refractivity contribution < 1.29 is 23.9 Å². The van der Waals surface area contributed by atoms with E-state index in [2.05, 4.69) is 26.1 Å². The Labute approximate surface area is 211 Å². The molecule has 0 aromatic heterocycles. The van der Waals surface area contributed by atoms with Crippen molar-refractivity contribution in [1.29, 1.82) is 0 Å². The lowest BCUT2D eigenvalue weighted by atomic mass is 9.82. The van der Waals surface area contributed by atoms with E-state index in [0.717, 1.165) is 10.5 Å². The smallest absolute Gasteiger partial charge is 0.325 e. The molecule has 1 heterocycles. The number of rotatable bonds is 7. The molecule has 1 N–H and O–H groups in total. The third kappa shape index (κ3) is 4.44. The summed E-state index contributed by atoms with van der Waals surface area (Å²) >= 11 is 0. The molecule has 1 aliphatic rings. The summed E-state index contributed by atoms with van der Waals surface area (Å²) in [4.78, 5) is 41.1. The molecule has 0 unspecified atom stereocenters. The van der Waals surface area contributed by atoms with E-state index in [-0.39, 0.29) is 17.7 Å². The summed E-state index contributed by atoms with van der Waals surface area (Å²) in [5, 5.41) is 2.86. The third-order valence-electron chi connectivity index (χ3n) is 6.53. The van der Waals surface area contributed by atoms with E-state index in [4.69, 9.17) is 9.47 Å². The molecule has 0 spiro atoms. The lowest BCUT2D eigenvalue weighted by Gasteiger charge is -2.28. The van der Waals surface area contributed by atoms with Gasteiger partial charge >= 0.3 is 6.03 Å². The van der Waals surface area contributed by atoms with Gasteiger partial charge in [0.05, 0.1) is 20.8 Å². The normalized spacial score (nSPS) is 15.0. The first-order valence-corrected chi connectivity index (χ1v) is 11.7. The molecule has 7 nitrogen and oxygen atoms in total. The van der Waals surface area contributed by atoms with Gasteiger partial charge in [0.1, 0.15) is 11.5 Å². The molecular formula is C29H30N2O5. The van der Waals surface area contributed by atoms with Crippen LogP contribution >= 0.6 is 0 Å². The number of ether oxygens (including phenoxy) is 2. The van der Waals surface area contributed by atoms with Crippen LogP contribution in [0, 0.1) is 0 Å². The highest BCUT2D eigenvalue weighted by Gasteiger charge is 2.54. The minimum atomic E-state index is -1.49. The molecule has 1 aliphatic heterocycles. The molecule has 186 valence electrons. The highest BCUT2D eigenvalue weighted by Crippen LogP contribution is 2.37. The first-order valence-electron chi connectivity index (χ1n) is 11.7. The molecule has 0 atom stereocenters. The zero-order valence-corrected chi connectivity index (χ0v) is 21.1. The Morgan fingerprint density at radius 3 is 1.69 bits per heavy atom.